The Bertz CT molecular complexity index is 547. The molecule has 0 fully saturated rings. The van der Waals surface area contributed by atoms with Crippen molar-refractivity contribution in [2.45, 2.75) is 13.1 Å². The van der Waals surface area contributed by atoms with Crippen LogP contribution in [0.5, 0.6) is 0 Å². The summed E-state index contributed by atoms with van der Waals surface area (Å²) in [6, 6.07) is 6.92. The molecular formula is C14H13NO5. The molecule has 0 atom stereocenters. The minimum Gasteiger partial charge on any atom is -0.478 e. The van der Waals surface area contributed by atoms with Gasteiger partial charge in [0.15, 0.2) is 0 Å². The Morgan fingerprint density at radius 1 is 1.05 bits per heavy atom. The van der Waals surface area contributed by atoms with Gasteiger partial charge in [-0.05, 0) is 24.3 Å². The van der Waals surface area contributed by atoms with Crippen molar-refractivity contribution in [3.05, 3.63) is 60.5 Å². The summed E-state index contributed by atoms with van der Waals surface area (Å²) in [7, 11) is 0. The topological polar surface area (TPSA) is 83.9 Å². The first-order valence-electron chi connectivity index (χ1n) is 5.90. The van der Waals surface area contributed by atoms with Gasteiger partial charge < -0.3 is 18.8 Å². The molecule has 104 valence electrons. The van der Waals surface area contributed by atoms with Crippen LogP contribution < -0.4 is 0 Å². The first kappa shape index (κ1) is 13.7. The van der Waals surface area contributed by atoms with Gasteiger partial charge in [-0.15, -0.1) is 0 Å². The molecule has 1 N–H and O–H groups in total. The molecule has 0 aliphatic carbocycles. The van der Waals surface area contributed by atoms with Gasteiger partial charge in [0.1, 0.15) is 11.5 Å². The second-order valence-corrected chi connectivity index (χ2v) is 4.02. The Balaban J connectivity index is 2.10. The Hall–Kier alpha value is -2.76. The number of rotatable bonds is 6. The van der Waals surface area contributed by atoms with Crippen LogP contribution in [-0.2, 0) is 22.7 Å². The molecule has 0 saturated carbocycles. The minimum absolute atomic E-state index is 0.233. The van der Waals surface area contributed by atoms with Crippen molar-refractivity contribution in [2.24, 2.45) is 0 Å². The summed E-state index contributed by atoms with van der Waals surface area (Å²) < 4.78 is 10.4. The standard InChI is InChI=1S/C14H13NO5/c16-13(5-6-14(17)18)15(9-11-3-1-7-19-11)10-12-4-2-8-20-12/h1-8H,9-10H2,(H,17,18)/b6-5+. The average Bonchev–Trinajstić information content (AvgIpc) is 3.08. The number of hydrogen-bond acceptors (Lipinski definition) is 4. The highest BCUT2D eigenvalue weighted by molar-refractivity contribution is 5.93. The van der Waals surface area contributed by atoms with Crippen LogP contribution in [0.4, 0.5) is 0 Å². The predicted molar refractivity (Wildman–Crippen MR) is 68.4 cm³/mol. The molecule has 6 nitrogen and oxygen atoms in total. The highest BCUT2D eigenvalue weighted by Gasteiger charge is 2.15. The molecule has 2 heterocycles. The lowest BCUT2D eigenvalue weighted by molar-refractivity contribution is -0.132. The molecule has 0 bridgehead atoms. The molecule has 1 amide bonds. The van der Waals surface area contributed by atoms with E-state index in [0.717, 1.165) is 12.2 Å². The van der Waals surface area contributed by atoms with Crippen molar-refractivity contribution in [2.75, 3.05) is 0 Å². The van der Waals surface area contributed by atoms with E-state index in [-0.39, 0.29) is 13.1 Å². The largest absolute Gasteiger partial charge is 0.478 e. The van der Waals surface area contributed by atoms with Crippen molar-refractivity contribution in [1.29, 1.82) is 0 Å². The van der Waals surface area contributed by atoms with Gasteiger partial charge in [-0.3, -0.25) is 4.79 Å². The summed E-state index contributed by atoms with van der Waals surface area (Å²) in [6.07, 6.45) is 4.84. The van der Waals surface area contributed by atoms with Crippen molar-refractivity contribution in [3.8, 4) is 0 Å². The van der Waals surface area contributed by atoms with E-state index in [2.05, 4.69) is 0 Å². The van der Waals surface area contributed by atoms with Gasteiger partial charge in [0.2, 0.25) is 5.91 Å². The molecule has 0 aromatic carbocycles. The molecule has 0 spiro atoms. The maximum absolute atomic E-state index is 12.0. The van der Waals surface area contributed by atoms with Gasteiger partial charge in [0, 0.05) is 12.2 Å². The number of amides is 1. The Labute approximate surface area is 114 Å². The van der Waals surface area contributed by atoms with Crippen LogP contribution in [0.25, 0.3) is 0 Å². The van der Waals surface area contributed by atoms with Gasteiger partial charge in [0.05, 0.1) is 25.6 Å². The monoisotopic (exact) mass is 275 g/mol. The maximum Gasteiger partial charge on any atom is 0.328 e. The lowest BCUT2D eigenvalue weighted by atomic mass is 10.3. The minimum atomic E-state index is -1.17. The SMILES string of the molecule is O=C(O)/C=C/C(=O)N(Cc1ccco1)Cc1ccco1. The van der Waals surface area contributed by atoms with E-state index in [1.807, 2.05) is 0 Å². The average molecular weight is 275 g/mol. The van der Waals surface area contributed by atoms with Crippen molar-refractivity contribution in [1.82, 2.24) is 4.90 Å². The van der Waals surface area contributed by atoms with E-state index >= 15 is 0 Å². The second kappa shape index (κ2) is 6.42. The normalized spacial score (nSPS) is 10.8. The van der Waals surface area contributed by atoms with Crippen LogP contribution >= 0.6 is 0 Å². The lowest BCUT2D eigenvalue weighted by Crippen LogP contribution is -2.28. The number of aliphatic carboxylic acids is 1. The van der Waals surface area contributed by atoms with E-state index in [4.69, 9.17) is 13.9 Å². The van der Waals surface area contributed by atoms with Crippen LogP contribution in [0, 0.1) is 0 Å². The Kier molecular flexibility index (Phi) is 4.39. The van der Waals surface area contributed by atoms with E-state index in [0.29, 0.717) is 11.5 Å². The number of nitrogens with zero attached hydrogens (tertiary/aromatic N) is 1. The third-order valence-corrected chi connectivity index (χ3v) is 2.53. The zero-order valence-corrected chi connectivity index (χ0v) is 10.6. The van der Waals surface area contributed by atoms with Crippen molar-refractivity contribution in [3.63, 3.8) is 0 Å². The van der Waals surface area contributed by atoms with Crippen LogP contribution in [-0.4, -0.2) is 21.9 Å². The molecule has 2 rings (SSSR count). The first-order valence-corrected chi connectivity index (χ1v) is 5.90. The van der Waals surface area contributed by atoms with Crippen LogP contribution in [0.3, 0.4) is 0 Å². The maximum atomic E-state index is 12.0. The second-order valence-electron chi connectivity index (χ2n) is 4.02. The third-order valence-electron chi connectivity index (χ3n) is 2.53. The summed E-state index contributed by atoms with van der Waals surface area (Å²) in [5.74, 6) is -0.392. The fourth-order valence-electron chi connectivity index (χ4n) is 1.64. The van der Waals surface area contributed by atoms with Gasteiger partial charge >= 0.3 is 5.97 Å². The Morgan fingerprint density at radius 3 is 2.00 bits per heavy atom. The molecule has 0 aliphatic heterocycles. The molecule has 2 aromatic rings. The van der Waals surface area contributed by atoms with Gasteiger partial charge in [-0.1, -0.05) is 0 Å². The first-order chi connectivity index (χ1) is 9.65. The highest BCUT2D eigenvalue weighted by Crippen LogP contribution is 2.11. The van der Waals surface area contributed by atoms with Crippen molar-refractivity contribution >= 4 is 11.9 Å². The quantitative estimate of drug-likeness (QED) is 0.815. The van der Waals surface area contributed by atoms with Crippen LogP contribution in [0.15, 0.2) is 57.8 Å². The van der Waals surface area contributed by atoms with E-state index in [1.165, 1.54) is 17.4 Å². The summed E-state index contributed by atoms with van der Waals surface area (Å²) in [5.41, 5.74) is 0. The fourth-order valence-corrected chi connectivity index (χ4v) is 1.64. The molecule has 0 unspecified atom stereocenters. The Morgan fingerprint density at radius 2 is 1.60 bits per heavy atom. The van der Waals surface area contributed by atoms with Crippen LogP contribution in [0.2, 0.25) is 0 Å². The predicted octanol–water partition coefficient (Wildman–Crippen LogP) is 2.04. The molecule has 2 aromatic heterocycles. The molecule has 0 aliphatic rings. The molecular weight excluding hydrogens is 262 g/mol. The van der Waals surface area contributed by atoms with E-state index < -0.39 is 11.9 Å². The number of carbonyl (C=O) groups excluding carboxylic acids is 1. The van der Waals surface area contributed by atoms with E-state index in [9.17, 15) is 9.59 Å². The lowest BCUT2D eigenvalue weighted by Gasteiger charge is -2.18. The van der Waals surface area contributed by atoms with Gasteiger partial charge in [-0.2, -0.15) is 0 Å². The number of carboxylic acids is 1. The van der Waals surface area contributed by atoms with Crippen LogP contribution in [0.1, 0.15) is 11.5 Å². The molecule has 0 radical (unpaired) electrons. The summed E-state index contributed by atoms with van der Waals surface area (Å²) in [5, 5.41) is 8.56. The van der Waals surface area contributed by atoms with Gasteiger partial charge in [-0.25, -0.2) is 4.79 Å². The number of furan rings is 2. The smallest absolute Gasteiger partial charge is 0.328 e. The number of carbonyl (C=O) groups is 2. The number of hydrogen-bond donors (Lipinski definition) is 1. The molecule has 6 heteroatoms. The third kappa shape index (κ3) is 3.88. The number of carboxylic acid groups (broad SMARTS) is 1. The zero-order valence-electron chi connectivity index (χ0n) is 10.6. The molecule has 0 saturated heterocycles. The molecule has 20 heavy (non-hydrogen) atoms. The highest BCUT2D eigenvalue weighted by atomic mass is 16.4. The van der Waals surface area contributed by atoms with Crippen molar-refractivity contribution < 1.29 is 23.5 Å². The summed E-state index contributed by atoms with van der Waals surface area (Å²) >= 11 is 0. The van der Waals surface area contributed by atoms with Gasteiger partial charge in [0.25, 0.3) is 0 Å². The summed E-state index contributed by atoms with van der Waals surface area (Å²) in [4.78, 5) is 23.9. The summed E-state index contributed by atoms with van der Waals surface area (Å²) in [6.45, 7) is 0.465. The zero-order chi connectivity index (χ0) is 14.4. The fraction of sp³-hybridized carbons (Fsp3) is 0.143. The van der Waals surface area contributed by atoms with E-state index in [1.54, 1.807) is 24.3 Å².